The van der Waals surface area contributed by atoms with Gasteiger partial charge in [0, 0.05) is 13.5 Å². The van der Waals surface area contributed by atoms with E-state index in [0.29, 0.717) is 54.8 Å². The van der Waals surface area contributed by atoms with E-state index in [9.17, 15) is 9.59 Å². The van der Waals surface area contributed by atoms with Gasteiger partial charge in [0.05, 0.1) is 25.2 Å². The van der Waals surface area contributed by atoms with Gasteiger partial charge in [-0.2, -0.15) is 0 Å². The number of rotatable bonds is 13. The SMILES string of the molecule is CCC(C)(C)C(=O)OC1CC[C@@]2(C)C(CCC3C4CCC(C(C)CCC(=O)OC(C)(C)COCCOC)[C@@]4(C)CCC32)C1. The summed E-state index contributed by atoms with van der Waals surface area (Å²) >= 11 is 0. The van der Waals surface area contributed by atoms with E-state index < -0.39 is 11.0 Å². The average Bonchev–Trinajstić information content (AvgIpc) is 3.31. The van der Waals surface area contributed by atoms with Crippen molar-refractivity contribution in [1.82, 2.24) is 0 Å². The zero-order valence-corrected chi connectivity index (χ0v) is 29.1. The molecule has 0 aromatic heterocycles. The largest absolute Gasteiger partial charge is 0.462 e. The van der Waals surface area contributed by atoms with Crippen LogP contribution in [0.1, 0.15) is 132 Å². The van der Waals surface area contributed by atoms with E-state index in [-0.39, 0.29) is 18.0 Å². The lowest BCUT2D eigenvalue weighted by atomic mass is 9.44. The highest BCUT2D eigenvalue weighted by Crippen LogP contribution is 2.68. The molecule has 4 fully saturated rings. The first-order valence-corrected chi connectivity index (χ1v) is 17.7. The maximum Gasteiger partial charge on any atom is 0.311 e. The third-order valence-electron chi connectivity index (χ3n) is 13.2. The predicted octanol–water partition coefficient (Wildman–Crippen LogP) is 8.39. The van der Waals surface area contributed by atoms with Crippen molar-refractivity contribution in [3.05, 3.63) is 0 Å². The van der Waals surface area contributed by atoms with Crippen LogP contribution >= 0.6 is 0 Å². The first-order chi connectivity index (χ1) is 20.2. The van der Waals surface area contributed by atoms with Crippen molar-refractivity contribution < 1.29 is 28.5 Å². The summed E-state index contributed by atoms with van der Waals surface area (Å²) in [6, 6.07) is 0. The lowest BCUT2D eigenvalue weighted by Crippen LogP contribution is -2.54. The molecule has 0 aromatic carbocycles. The van der Waals surface area contributed by atoms with Crippen LogP contribution in [-0.4, -0.2) is 50.6 Å². The quantitative estimate of drug-likeness (QED) is 0.155. The monoisotopic (exact) mass is 604 g/mol. The topological polar surface area (TPSA) is 71.1 Å². The Morgan fingerprint density at radius 1 is 0.907 bits per heavy atom. The van der Waals surface area contributed by atoms with Crippen LogP contribution in [0.5, 0.6) is 0 Å². The van der Waals surface area contributed by atoms with Gasteiger partial charge >= 0.3 is 11.9 Å². The molecule has 0 aromatic rings. The second-order valence-electron chi connectivity index (χ2n) is 16.7. The molecule has 4 aliphatic rings. The minimum absolute atomic E-state index is 0.0132. The number of hydrogen-bond acceptors (Lipinski definition) is 6. The van der Waals surface area contributed by atoms with Crippen molar-refractivity contribution in [3.8, 4) is 0 Å². The molecular weight excluding hydrogens is 540 g/mol. The molecule has 4 aliphatic carbocycles. The summed E-state index contributed by atoms with van der Waals surface area (Å²) in [6.07, 6.45) is 13.5. The standard InChI is InChI=1S/C37H64O6/c1-10-34(3,4)33(39)42-27-17-19-36(7)26(23-27)12-13-28-30-15-14-29(37(30,8)20-18-31(28)36)25(2)11-16-32(38)43-35(5,6)24-41-22-21-40-9/h25-31H,10-24H2,1-9H3/t25?,26?,27?,28?,29?,30?,31?,36-,37+/m0/s1. The van der Waals surface area contributed by atoms with Crippen LogP contribution in [0.2, 0.25) is 0 Å². The Hall–Kier alpha value is -1.14. The third-order valence-corrected chi connectivity index (χ3v) is 13.2. The van der Waals surface area contributed by atoms with Gasteiger partial charge in [0.15, 0.2) is 0 Å². The molecule has 0 spiro atoms. The Kier molecular flexibility index (Phi) is 11.1. The van der Waals surface area contributed by atoms with Gasteiger partial charge in [-0.05, 0) is 145 Å². The maximum absolute atomic E-state index is 12.8. The van der Waals surface area contributed by atoms with Gasteiger partial charge < -0.3 is 18.9 Å². The summed E-state index contributed by atoms with van der Waals surface area (Å²) in [4.78, 5) is 25.6. The second-order valence-corrected chi connectivity index (χ2v) is 16.7. The van der Waals surface area contributed by atoms with Crippen molar-refractivity contribution in [1.29, 1.82) is 0 Å². The zero-order valence-electron chi connectivity index (χ0n) is 29.1. The molecule has 6 heteroatoms. The summed E-state index contributed by atoms with van der Waals surface area (Å²) in [5, 5.41) is 0. The van der Waals surface area contributed by atoms with E-state index in [1.165, 1.54) is 44.9 Å². The van der Waals surface area contributed by atoms with Gasteiger partial charge in [0.25, 0.3) is 0 Å². The highest BCUT2D eigenvalue weighted by molar-refractivity contribution is 5.76. The predicted molar refractivity (Wildman–Crippen MR) is 170 cm³/mol. The number of carbonyl (C=O) groups excluding carboxylic acids is 2. The second kappa shape index (κ2) is 13.7. The summed E-state index contributed by atoms with van der Waals surface area (Å²) in [5.74, 6) is 4.16. The number of esters is 2. The van der Waals surface area contributed by atoms with Crippen LogP contribution in [-0.2, 0) is 28.5 Å². The molecule has 0 aliphatic heterocycles. The number of hydrogen-bond donors (Lipinski definition) is 0. The van der Waals surface area contributed by atoms with Gasteiger partial charge in [0.2, 0.25) is 0 Å². The lowest BCUT2D eigenvalue weighted by molar-refractivity contribution is -0.171. The van der Waals surface area contributed by atoms with Crippen LogP contribution in [0.3, 0.4) is 0 Å². The minimum atomic E-state index is -0.626. The van der Waals surface area contributed by atoms with E-state index in [0.717, 1.165) is 43.4 Å². The molecule has 4 rings (SSSR count). The van der Waals surface area contributed by atoms with Crippen molar-refractivity contribution in [3.63, 3.8) is 0 Å². The van der Waals surface area contributed by atoms with E-state index in [1.54, 1.807) is 7.11 Å². The summed E-state index contributed by atoms with van der Waals surface area (Å²) in [6.45, 7) is 18.9. The lowest BCUT2D eigenvalue weighted by Gasteiger charge is -2.61. The molecule has 0 N–H and O–H groups in total. The zero-order chi connectivity index (χ0) is 31.6. The fourth-order valence-corrected chi connectivity index (χ4v) is 10.2. The van der Waals surface area contributed by atoms with Gasteiger partial charge in [0.1, 0.15) is 11.7 Å². The highest BCUT2D eigenvalue weighted by atomic mass is 16.6. The summed E-state index contributed by atoms with van der Waals surface area (Å²) in [5.41, 5.74) is -0.265. The molecule has 0 amide bonds. The summed E-state index contributed by atoms with van der Waals surface area (Å²) < 4.78 is 22.6. The fraction of sp³-hybridized carbons (Fsp3) is 0.946. The van der Waals surface area contributed by atoms with Crippen LogP contribution in [0, 0.1) is 51.8 Å². The van der Waals surface area contributed by atoms with E-state index in [1.807, 2.05) is 27.7 Å². The number of carbonyl (C=O) groups is 2. The number of ether oxygens (including phenoxy) is 4. The smallest absolute Gasteiger partial charge is 0.311 e. The van der Waals surface area contributed by atoms with E-state index in [2.05, 4.69) is 27.7 Å². The van der Waals surface area contributed by atoms with Crippen LogP contribution in [0.4, 0.5) is 0 Å². The highest BCUT2D eigenvalue weighted by Gasteiger charge is 2.60. The minimum Gasteiger partial charge on any atom is -0.462 e. The number of methoxy groups -OCH3 is 1. The average molecular weight is 605 g/mol. The van der Waals surface area contributed by atoms with Crippen molar-refractivity contribution in [2.45, 2.75) is 144 Å². The molecule has 43 heavy (non-hydrogen) atoms. The van der Waals surface area contributed by atoms with Crippen LogP contribution < -0.4 is 0 Å². The Morgan fingerprint density at radius 2 is 1.60 bits per heavy atom. The molecule has 0 saturated heterocycles. The Labute approximate surface area is 263 Å². The number of fused-ring (bicyclic) bond motifs is 5. The molecule has 9 atom stereocenters. The van der Waals surface area contributed by atoms with Crippen molar-refractivity contribution >= 4 is 11.9 Å². The van der Waals surface area contributed by atoms with Crippen molar-refractivity contribution in [2.24, 2.45) is 51.8 Å². The maximum atomic E-state index is 12.8. The first kappa shape index (κ1) is 34.7. The first-order valence-electron chi connectivity index (χ1n) is 17.7. The third kappa shape index (κ3) is 7.47. The van der Waals surface area contributed by atoms with Crippen molar-refractivity contribution in [2.75, 3.05) is 26.9 Å². The molecule has 4 saturated carbocycles. The van der Waals surface area contributed by atoms with Gasteiger partial charge in [-0.25, -0.2) is 0 Å². The van der Waals surface area contributed by atoms with E-state index >= 15 is 0 Å². The van der Waals surface area contributed by atoms with Crippen LogP contribution in [0.15, 0.2) is 0 Å². The molecule has 0 bridgehead atoms. The molecule has 248 valence electrons. The van der Waals surface area contributed by atoms with Gasteiger partial charge in [-0.15, -0.1) is 0 Å². The Bertz CT molecular complexity index is 959. The molecule has 0 radical (unpaired) electrons. The summed E-state index contributed by atoms with van der Waals surface area (Å²) in [7, 11) is 1.65. The molecule has 0 heterocycles. The molecule has 7 unspecified atom stereocenters. The molecular formula is C37H64O6. The van der Waals surface area contributed by atoms with Gasteiger partial charge in [-0.1, -0.05) is 27.7 Å². The Balaban J connectivity index is 1.31. The fourth-order valence-electron chi connectivity index (χ4n) is 10.2. The Morgan fingerprint density at radius 3 is 2.30 bits per heavy atom. The molecule has 6 nitrogen and oxygen atoms in total. The normalized spacial score (nSPS) is 36.7. The van der Waals surface area contributed by atoms with E-state index in [4.69, 9.17) is 18.9 Å². The van der Waals surface area contributed by atoms with Gasteiger partial charge in [-0.3, -0.25) is 9.59 Å². The van der Waals surface area contributed by atoms with Crippen LogP contribution in [0.25, 0.3) is 0 Å².